The van der Waals surface area contributed by atoms with E-state index in [0.29, 0.717) is 19.5 Å². The Morgan fingerprint density at radius 3 is 1.42 bits per heavy atom. The Morgan fingerprint density at radius 2 is 0.926 bits per heavy atom. The fourth-order valence-corrected chi connectivity index (χ4v) is 8.45. The number of hydrogen-bond donors (Lipinski definition) is 12. The van der Waals surface area contributed by atoms with Gasteiger partial charge in [-0.3, -0.25) is 43.2 Å². The molecule has 0 aliphatic carbocycles. The number of carbonyl (C=O) groups excluding carboxylic acids is 9. The van der Waals surface area contributed by atoms with Gasteiger partial charge in [-0.25, -0.2) is 0 Å². The van der Waals surface area contributed by atoms with Crippen molar-refractivity contribution in [2.45, 2.75) is 173 Å². The number of nitrogens with one attached hydrogen (secondary N) is 11. The fourth-order valence-electron chi connectivity index (χ4n) is 8.45. The zero-order valence-electron chi connectivity index (χ0n) is 49.3. The molecule has 21 heteroatoms. The molecular weight excluding hydrogens is 1030 g/mol. The highest BCUT2D eigenvalue weighted by molar-refractivity contribution is 6.00. The second kappa shape index (κ2) is 33.5. The number of amides is 9. The van der Waals surface area contributed by atoms with Crippen LogP contribution in [0.25, 0.3) is 0 Å². The van der Waals surface area contributed by atoms with Crippen LogP contribution in [0.15, 0.2) is 91.0 Å². The monoisotopic (exact) mass is 1120 g/mol. The van der Waals surface area contributed by atoms with Gasteiger partial charge < -0.3 is 64.2 Å². The van der Waals surface area contributed by atoms with Gasteiger partial charge in [-0.2, -0.15) is 0 Å². The molecule has 0 fully saturated rings. The third kappa shape index (κ3) is 23.0. The zero-order valence-corrected chi connectivity index (χ0v) is 49.3. The highest BCUT2D eigenvalue weighted by Crippen LogP contribution is 2.17. The summed E-state index contributed by atoms with van der Waals surface area (Å²) >= 11 is 0. The second-order valence-corrected chi connectivity index (χ2v) is 21.9. The van der Waals surface area contributed by atoms with E-state index in [1.54, 1.807) is 64.1 Å². The Balaban J connectivity index is 1.65. The van der Waals surface area contributed by atoms with Gasteiger partial charge in [-0.05, 0) is 129 Å². The highest BCUT2D eigenvalue weighted by atomic mass is 16.2. The SMILES string of the molecule is CC[C@@](C)(NC(=O)[C@@H](Cc1ccccc1)NC(C)=O)C(=O)NC(C)(C)C(=O)N[C@H](C)C(=O)N[C@@](C)(CC)C(=O)NCC(=O)N[C@H](Cc1ccccc1)C(=O)N[C@@](C)(CC)C(=O)N[C@@H](CNCCCNCCCCN)Cc1ccccc1. The van der Waals surface area contributed by atoms with E-state index in [0.717, 1.165) is 55.6 Å². The van der Waals surface area contributed by atoms with Crippen LogP contribution in [0, 0.1) is 0 Å². The summed E-state index contributed by atoms with van der Waals surface area (Å²) in [5.74, 6) is -5.66. The summed E-state index contributed by atoms with van der Waals surface area (Å²) < 4.78 is 0. The van der Waals surface area contributed by atoms with Crippen LogP contribution in [0.5, 0.6) is 0 Å². The quantitative estimate of drug-likeness (QED) is 0.0372. The first-order chi connectivity index (χ1) is 38.3. The molecule has 0 spiro atoms. The molecule has 0 bridgehead atoms. The van der Waals surface area contributed by atoms with Gasteiger partial charge in [-0.1, -0.05) is 112 Å². The van der Waals surface area contributed by atoms with Gasteiger partial charge in [0, 0.05) is 32.4 Å². The van der Waals surface area contributed by atoms with Crippen LogP contribution in [0.1, 0.15) is 124 Å². The number of hydrogen-bond acceptors (Lipinski definition) is 12. The molecule has 3 aromatic rings. The minimum absolute atomic E-state index is 0.0626. The summed E-state index contributed by atoms with van der Waals surface area (Å²) in [6.07, 6.45) is 4.07. The molecule has 0 radical (unpaired) electrons. The highest BCUT2D eigenvalue weighted by Gasteiger charge is 2.42. The molecule has 7 atom stereocenters. The van der Waals surface area contributed by atoms with E-state index < -0.39 is 100.0 Å². The number of benzene rings is 3. The summed E-state index contributed by atoms with van der Waals surface area (Å²) in [5.41, 5.74) is 2.06. The van der Waals surface area contributed by atoms with E-state index in [2.05, 4.69) is 58.5 Å². The van der Waals surface area contributed by atoms with E-state index in [-0.39, 0.29) is 38.1 Å². The maximum absolute atomic E-state index is 14.3. The van der Waals surface area contributed by atoms with Gasteiger partial charge in [-0.15, -0.1) is 0 Å². The lowest BCUT2D eigenvalue weighted by Gasteiger charge is -2.35. The van der Waals surface area contributed by atoms with Crippen LogP contribution in [0.3, 0.4) is 0 Å². The van der Waals surface area contributed by atoms with Crippen molar-refractivity contribution < 1.29 is 43.2 Å². The average molecular weight is 1130 g/mol. The van der Waals surface area contributed by atoms with Crippen molar-refractivity contribution in [3.05, 3.63) is 108 Å². The second-order valence-electron chi connectivity index (χ2n) is 21.9. The van der Waals surface area contributed by atoms with E-state index in [1.807, 2.05) is 54.6 Å². The van der Waals surface area contributed by atoms with Gasteiger partial charge in [0.1, 0.15) is 40.3 Å². The van der Waals surface area contributed by atoms with E-state index in [1.165, 1.54) is 41.5 Å². The molecule has 21 nitrogen and oxygen atoms in total. The molecule has 13 N–H and O–H groups in total. The molecule has 3 aromatic carbocycles. The van der Waals surface area contributed by atoms with Crippen LogP contribution in [0.4, 0.5) is 0 Å². The van der Waals surface area contributed by atoms with E-state index in [4.69, 9.17) is 5.73 Å². The van der Waals surface area contributed by atoms with Crippen molar-refractivity contribution >= 4 is 53.2 Å². The number of carbonyl (C=O) groups is 9. The molecule has 446 valence electrons. The zero-order chi connectivity index (χ0) is 60.2. The lowest BCUT2D eigenvalue weighted by Crippen LogP contribution is -2.66. The van der Waals surface area contributed by atoms with Gasteiger partial charge in [0.05, 0.1) is 6.54 Å². The first kappa shape index (κ1) is 68.0. The summed E-state index contributed by atoms with van der Waals surface area (Å²) in [6, 6.07) is 24.2. The summed E-state index contributed by atoms with van der Waals surface area (Å²) in [7, 11) is 0. The molecule has 0 aromatic heterocycles. The molecular formula is C60H92N12O9. The molecule has 0 saturated carbocycles. The predicted octanol–water partition coefficient (Wildman–Crippen LogP) is 1.87. The molecule has 0 unspecified atom stereocenters. The largest absolute Gasteiger partial charge is 0.350 e. The van der Waals surface area contributed by atoms with Crippen molar-refractivity contribution in [1.82, 2.24) is 58.5 Å². The summed E-state index contributed by atoms with van der Waals surface area (Å²) in [5, 5.41) is 31.6. The van der Waals surface area contributed by atoms with Crippen LogP contribution in [-0.4, -0.2) is 139 Å². The topological polar surface area (TPSA) is 312 Å². The van der Waals surface area contributed by atoms with Crippen molar-refractivity contribution in [1.29, 1.82) is 0 Å². The molecule has 9 amide bonds. The van der Waals surface area contributed by atoms with Crippen molar-refractivity contribution in [3.8, 4) is 0 Å². The average Bonchev–Trinajstić information content (AvgIpc) is 3.44. The molecule has 0 saturated heterocycles. The van der Waals surface area contributed by atoms with Crippen molar-refractivity contribution in [2.75, 3.05) is 39.3 Å². The van der Waals surface area contributed by atoms with E-state index >= 15 is 0 Å². The number of rotatable bonds is 36. The fraction of sp³-hybridized carbons (Fsp3) is 0.550. The Kier molecular flexibility index (Phi) is 28.1. The normalized spacial score (nSPS) is 15.0. The predicted molar refractivity (Wildman–Crippen MR) is 314 cm³/mol. The third-order valence-electron chi connectivity index (χ3n) is 14.4. The molecule has 0 aliphatic rings. The van der Waals surface area contributed by atoms with Crippen molar-refractivity contribution in [2.24, 2.45) is 5.73 Å². The Bertz CT molecular complexity index is 2520. The Hall–Kier alpha value is -7.23. The maximum atomic E-state index is 14.3. The molecule has 81 heavy (non-hydrogen) atoms. The standard InChI is InChI=1S/C60H92N12O9/c1-11-58(8,69-50(75)41(4)65-53(78)57(6,7)72-56(81)60(10,13-3)71-51(76)47(66-42(5)73)37-44-28-19-15-20-29-44)54(79)64-40-49(74)68-48(38-45-30-21-16-22-31-45)52(77)70-59(9,12-2)55(80)67-46(36-43-26-17-14-18-27-43)39-63-35-25-34-62-33-24-23-32-61/h14-22,26-31,41,46-48,62-63H,11-13,23-25,32-40,61H2,1-10H3,(H,64,79)(H,65,78)(H,66,73)(H,67,80)(H,68,74)(H,69,75)(H,70,77)(H,71,76)(H,72,81)/t41-,46-,47-,48-,58+,59+,60-/m1/s1. The molecule has 0 aliphatic heterocycles. The van der Waals surface area contributed by atoms with Crippen LogP contribution in [0.2, 0.25) is 0 Å². The van der Waals surface area contributed by atoms with Crippen molar-refractivity contribution in [3.63, 3.8) is 0 Å². The first-order valence-electron chi connectivity index (χ1n) is 28.3. The summed E-state index contributed by atoms with van der Waals surface area (Å²) in [6.45, 7) is 18.3. The summed E-state index contributed by atoms with van der Waals surface area (Å²) in [4.78, 5) is 123. The lowest BCUT2D eigenvalue weighted by atomic mass is 9.93. The van der Waals surface area contributed by atoms with Gasteiger partial charge in [0.25, 0.3) is 0 Å². The minimum atomic E-state index is -1.62. The molecule has 0 heterocycles. The third-order valence-corrected chi connectivity index (χ3v) is 14.4. The van der Waals surface area contributed by atoms with Gasteiger partial charge >= 0.3 is 0 Å². The molecule has 3 rings (SSSR count). The Morgan fingerprint density at radius 1 is 0.481 bits per heavy atom. The maximum Gasteiger partial charge on any atom is 0.246 e. The smallest absolute Gasteiger partial charge is 0.246 e. The first-order valence-corrected chi connectivity index (χ1v) is 28.3. The van der Waals surface area contributed by atoms with Gasteiger partial charge in [0.2, 0.25) is 53.2 Å². The van der Waals surface area contributed by atoms with Crippen LogP contribution < -0.4 is 64.2 Å². The minimum Gasteiger partial charge on any atom is -0.350 e. The lowest BCUT2D eigenvalue weighted by molar-refractivity contribution is -0.140. The Labute approximate surface area is 479 Å². The van der Waals surface area contributed by atoms with E-state index in [9.17, 15) is 43.2 Å². The van der Waals surface area contributed by atoms with Gasteiger partial charge in [0.15, 0.2) is 0 Å². The number of unbranched alkanes of at least 4 members (excludes halogenated alkanes) is 1. The number of nitrogens with two attached hydrogens (primary N) is 1. The van der Waals surface area contributed by atoms with Crippen LogP contribution in [-0.2, 0) is 62.4 Å². The van der Waals surface area contributed by atoms with Crippen LogP contribution >= 0.6 is 0 Å².